The van der Waals surface area contributed by atoms with Gasteiger partial charge in [-0.2, -0.15) is 0 Å². The minimum atomic E-state index is 0.162. The lowest BCUT2D eigenvalue weighted by Crippen LogP contribution is -2.22. The minimum absolute atomic E-state index is 0.162. The molecule has 7 heteroatoms. The number of nitrogens with zero attached hydrogens (tertiary/aromatic N) is 5. The average molecular weight is 467 g/mol. The second-order valence-corrected chi connectivity index (χ2v) is 9.52. The van der Waals surface area contributed by atoms with Gasteiger partial charge in [-0.1, -0.05) is 48.9 Å². The van der Waals surface area contributed by atoms with Gasteiger partial charge in [-0.05, 0) is 78.8 Å². The zero-order chi connectivity index (χ0) is 23.5. The van der Waals surface area contributed by atoms with Crippen LogP contribution >= 0.6 is 0 Å². The van der Waals surface area contributed by atoms with Crippen molar-refractivity contribution in [3.8, 4) is 17.1 Å². The maximum atomic E-state index is 5.95. The van der Waals surface area contributed by atoms with Gasteiger partial charge in [0.2, 0.25) is 5.82 Å². The summed E-state index contributed by atoms with van der Waals surface area (Å²) in [5, 5.41) is 16.6. The predicted molar refractivity (Wildman–Crippen MR) is 134 cm³/mol. The number of hydrogen-bond acceptors (Lipinski definition) is 6. The van der Waals surface area contributed by atoms with E-state index in [-0.39, 0.29) is 6.17 Å². The van der Waals surface area contributed by atoms with Gasteiger partial charge in [-0.3, -0.25) is 10.3 Å². The molecule has 0 bridgehead atoms. The highest BCUT2D eigenvalue weighted by Crippen LogP contribution is 2.43. The van der Waals surface area contributed by atoms with Gasteiger partial charge in [0.05, 0.1) is 5.69 Å². The van der Waals surface area contributed by atoms with Gasteiger partial charge in [0, 0.05) is 17.7 Å². The fourth-order valence-electron chi connectivity index (χ4n) is 5.10. The summed E-state index contributed by atoms with van der Waals surface area (Å²) in [6.45, 7) is 1.49. The second kappa shape index (κ2) is 9.96. The van der Waals surface area contributed by atoms with Gasteiger partial charge < -0.3 is 4.74 Å². The Bertz CT molecular complexity index is 1230. The first kappa shape index (κ1) is 21.9. The molecule has 2 atom stereocenters. The Balaban J connectivity index is 1.18. The van der Waals surface area contributed by atoms with Gasteiger partial charge in [-0.15, -0.1) is 15.0 Å². The topological polar surface area (TPSA) is 77.8 Å². The lowest BCUT2D eigenvalue weighted by molar-refractivity contribution is 0.283. The number of nitrogens with one attached hydrogen (secondary N) is 1. The molecule has 1 saturated heterocycles. The van der Waals surface area contributed by atoms with Gasteiger partial charge in [0.25, 0.3) is 0 Å². The zero-order valence-electron chi connectivity index (χ0n) is 19.8. The lowest BCUT2D eigenvalue weighted by Gasteiger charge is -2.34. The third-order valence-electron chi connectivity index (χ3n) is 7.24. The number of tetrazole rings is 1. The van der Waals surface area contributed by atoms with E-state index in [4.69, 9.17) is 4.74 Å². The van der Waals surface area contributed by atoms with E-state index >= 15 is 0 Å². The molecule has 1 aliphatic carbocycles. The molecule has 2 aliphatic rings. The molecule has 1 saturated carbocycles. The van der Waals surface area contributed by atoms with Gasteiger partial charge in [0.15, 0.2) is 0 Å². The highest BCUT2D eigenvalue weighted by Gasteiger charge is 2.30. The number of ether oxygens (including phenoxy) is 1. The highest BCUT2D eigenvalue weighted by molar-refractivity contribution is 5.55. The Morgan fingerprint density at radius 2 is 1.71 bits per heavy atom. The van der Waals surface area contributed by atoms with E-state index in [1.54, 1.807) is 11.0 Å². The lowest BCUT2D eigenvalue weighted by atomic mass is 9.70. The van der Waals surface area contributed by atoms with Crippen LogP contribution in [0.4, 0.5) is 0 Å². The summed E-state index contributed by atoms with van der Waals surface area (Å²) < 4.78 is 5.95. The molecule has 2 fully saturated rings. The molecule has 2 unspecified atom stereocenters. The Morgan fingerprint density at radius 1 is 0.914 bits per heavy atom. The van der Waals surface area contributed by atoms with E-state index in [1.165, 1.54) is 30.4 Å². The smallest absolute Gasteiger partial charge is 0.204 e. The van der Waals surface area contributed by atoms with Crippen molar-refractivity contribution in [1.82, 2.24) is 30.5 Å². The van der Waals surface area contributed by atoms with Crippen LogP contribution in [0.3, 0.4) is 0 Å². The Hall–Kier alpha value is -3.58. The summed E-state index contributed by atoms with van der Waals surface area (Å²) in [5.74, 6) is 2.61. The number of rotatable bonds is 8. The summed E-state index contributed by atoms with van der Waals surface area (Å²) in [5.41, 5.74) is 4.61. The molecule has 0 spiro atoms. The molecule has 2 aromatic carbocycles. The van der Waals surface area contributed by atoms with Crippen LogP contribution < -0.4 is 10.1 Å². The predicted octanol–water partition coefficient (Wildman–Crippen LogP) is 5.13. The number of pyridine rings is 1. The molecular weight excluding hydrogens is 436 g/mol. The SMILES string of the molecule is c1ccc(COc2ccc(C(c3ccc(-c4nnn(C5CCCN5)n4)cc3)C3CCC3)cc2)nc1. The molecule has 0 radical (unpaired) electrons. The minimum Gasteiger partial charge on any atom is -0.487 e. The molecule has 0 amide bonds. The number of benzene rings is 2. The standard InChI is InChI=1S/C28H30N6O/c1-2-17-29-24(7-1)19-35-25-15-13-22(14-16-25)27(20-5-3-6-20)21-9-11-23(12-10-21)28-31-33-34(32-28)26-8-4-18-30-26/h1-2,7,9-17,20,26-27,30H,3-6,8,18-19H2. The first-order chi connectivity index (χ1) is 17.3. The average Bonchev–Trinajstić information content (AvgIpc) is 3.59. The van der Waals surface area contributed by atoms with E-state index < -0.39 is 0 Å². The van der Waals surface area contributed by atoms with Crippen molar-refractivity contribution in [3.63, 3.8) is 0 Å². The maximum absolute atomic E-state index is 5.95. The summed E-state index contributed by atoms with van der Waals surface area (Å²) in [6.07, 6.45) is 8.01. The van der Waals surface area contributed by atoms with E-state index in [0.717, 1.165) is 36.4 Å². The van der Waals surface area contributed by atoms with Crippen LogP contribution in [-0.2, 0) is 6.61 Å². The van der Waals surface area contributed by atoms with E-state index in [1.807, 2.05) is 18.2 Å². The van der Waals surface area contributed by atoms with Crippen molar-refractivity contribution >= 4 is 0 Å². The van der Waals surface area contributed by atoms with Crippen LogP contribution in [0.25, 0.3) is 11.4 Å². The van der Waals surface area contributed by atoms with Crippen molar-refractivity contribution in [2.45, 2.75) is 50.8 Å². The number of hydrogen-bond donors (Lipinski definition) is 1. The zero-order valence-corrected chi connectivity index (χ0v) is 19.8. The highest BCUT2D eigenvalue weighted by atomic mass is 16.5. The molecule has 6 rings (SSSR count). The largest absolute Gasteiger partial charge is 0.487 e. The first-order valence-electron chi connectivity index (χ1n) is 12.6. The molecule has 178 valence electrons. The van der Waals surface area contributed by atoms with Crippen LogP contribution in [0.15, 0.2) is 72.9 Å². The van der Waals surface area contributed by atoms with Crippen molar-refractivity contribution < 1.29 is 4.74 Å². The van der Waals surface area contributed by atoms with Crippen molar-refractivity contribution in [3.05, 3.63) is 89.7 Å². The van der Waals surface area contributed by atoms with Crippen LogP contribution in [-0.4, -0.2) is 31.7 Å². The van der Waals surface area contributed by atoms with Crippen molar-refractivity contribution in [2.24, 2.45) is 5.92 Å². The molecule has 4 aromatic rings. The quantitative estimate of drug-likeness (QED) is 0.388. The van der Waals surface area contributed by atoms with Crippen LogP contribution in [0.5, 0.6) is 5.75 Å². The van der Waals surface area contributed by atoms with E-state index in [2.05, 4.69) is 74.2 Å². The summed E-state index contributed by atoms with van der Waals surface area (Å²) in [4.78, 5) is 6.04. The molecule has 1 aliphatic heterocycles. The Morgan fingerprint density at radius 3 is 2.37 bits per heavy atom. The van der Waals surface area contributed by atoms with Crippen LogP contribution in [0.2, 0.25) is 0 Å². The molecule has 7 nitrogen and oxygen atoms in total. The fraction of sp³-hybridized carbons (Fsp3) is 0.357. The second-order valence-electron chi connectivity index (χ2n) is 9.52. The van der Waals surface area contributed by atoms with E-state index in [9.17, 15) is 0 Å². The van der Waals surface area contributed by atoms with Crippen LogP contribution in [0, 0.1) is 5.92 Å². The van der Waals surface area contributed by atoms with Crippen molar-refractivity contribution in [1.29, 1.82) is 0 Å². The van der Waals surface area contributed by atoms with Crippen molar-refractivity contribution in [2.75, 3.05) is 6.54 Å². The third-order valence-corrected chi connectivity index (χ3v) is 7.24. The monoisotopic (exact) mass is 466 g/mol. The van der Waals surface area contributed by atoms with Gasteiger partial charge >= 0.3 is 0 Å². The number of aromatic nitrogens is 5. The van der Waals surface area contributed by atoms with E-state index in [0.29, 0.717) is 24.3 Å². The summed E-state index contributed by atoms with van der Waals surface area (Å²) >= 11 is 0. The first-order valence-corrected chi connectivity index (χ1v) is 12.6. The molecule has 35 heavy (non-hydrogen) atoms. The normalized spacial score (nSPS) is 18.8. The molecular formula is C28H30N6O. The fourth-order valence-corrected chi connectivity index (χ4v) is 5.10. The van der Waals surface area contributed by atoms with Gasteiger partial charge in [-0.25, -0.2) is 0 Å². The van der Waals surface area contributed by atoms with Gasteiger partial charge in [0.1, 0.15) is 18.5 Å². The third kappa shape index (κ3) is 4.82. The Labute approximate surface area is 205 Å². The summed E-state index contributed by atoms with van der Waals surface area (Å²) in [6, 6.07) is 23.2. The molecule has 3 heterocycles. The Kier molecular flexibility index (Phi) is 6.24. The molecule has 2 aromatic heterocycles. The molecule has 1 N–H and O–H groups in total. The van der Waals surface area contributed by atoms with Crippen LogP contribution in [0.1, 0.15) is 61.0 Å². The maximum Gasteiger partial charge on any atom is 0.204 e. The summed E-state index contributed by atoms with van der Waals surface area (Å²) in [7, 11) is 0.